The highest BCUT2D eigenvalue weighted by molar-refractivity contribution is 6.30. The highest BCUT2D eigenvalue weighted by Gasteiger charge is 2.22. The van der Waals surface area contributed by atoms with Crippen LogP contribution in [0.15, 0.2) is 36.4 Å². The van der Waals surface area contributed by atoms with E-state index in [2.05, 4.69) is 17.5 Å². The molecule has 1 aliphatic carbocycles. The van der Waals surface area contributed by atoms with E-state index in [1.807, 2.05) is 24.3 Å². The molecule has 0 bridgehead atoms. The van der Waals surface area contributed by atoms with Gasteiger partial charge in [-0.2, -0.15) is 10.5 Å². The molecule has 1 aliphatic rings. The summed E-state index contributed by atoms with van der Waals surface area (Å²) in [7, 11) is 0. The van der Waals surface area contributed by atoms with Crippen molar-refractivity contribution in [2.75, 3.05) is 5.32 Å². The molecule has 3 nitrogen and oxygen atoms in total. The van der Waals surface area contributed by atoms with Crippen LogP contribution in [0, 0.1) is 22.7 Å². The van der Waals surface area contributed by atoms with Crippen molar-refractivity contribution in [3.05, 3.63) is 63.7 Å². The molecule has 3 rings (SSSR count). The van der Waals surface area contributed by atoms with Crippen molar-refractivity contribution in [3.63, 3.8) is 0 Å². The number of halogens is 1. The van der Waals surface area contributed by atoms with Gasteiger partial charge < -0.3 is 5.32 Å². The lowest BCUT2D eigenvalue weighted by Crippen LogP contribution is -2.07. The van der Waals surface area contributed by atoms with Gasteiger partial charge in [-0.1, -0.05) is 17.7 Å². The van der Waals surface area contributed by atoms with Crippen LogP contribution in [0.4, 0.5) is 5.69 Å². The molecule has 0 heterocycles. The summed E-state index contributed by atoms with van der Waals surface area (Å²) in [6.07, 6.45) is 1.99. The molecular weight excluding hydrogens is 282 g/mol. The van der Waals surface area contributed by atoms with Crippen LogP contribution in [0.25, 0.3) is 0 Å². The monoisotopic (exact) mass is 293 g/mol. The SMILES string of the molecule is N#Cc1ccc(NC2CCc3cc(Cl)ccc32)cc1C#N. The Morgan fingerprint density at radius 3 is 2.62 bits per heavy atom. The molecule has 1 N–H and O–H groups in total. The topological polar surface area (TPSA) is 59.6 Å². The van der Waals surface area contributed by atoms with Gasteiger partial charge in [0.25, 0.3) is 0 Å². The van der Waals surface area contributed by atoms with Crippen LogP contribution >= 0.6 is 11.6 Å². The minimum atomic E-state index is 0.219. The first-order valence-electron chi connectivity index (χ1n) is 6.70. The van der Waals surface area contributed by atoms with Gasteiger partial charge in [0.05, 0.1) is 17.2 Å². The Hall–Kier alpha value is -2.49. The number of anilines is 1. The minimum absolute atomic E-state index is 0.219. The molecule has 21 heavy (non-hydrogen) atoms. The van der Waals surface area contributed by atoms with E-state index in [-0.39, 0.29) is 6.04 Å². The number of benzene rings is 2. The first-order chi connectivity index (χ1) is 10.2. The number of aryl methyl sites for hydroxylation is 1. The predicted molar refractivity (Wildman–Crippen MR) is 82.0 cm³/mol. The van der Waals surface area contributed by atoms with Crippen molar-refractivity contribution in [2.24, 2.45) is 0 Å². The summed E-state index contributed by atoms with van der Waals surface area (Å²) in [6, 6.07) is 15.5. The van der Waals surface area contributed by atoms with Crippen LogP contribution in [0.2, 0.25) is 5.02 Å². The molecule has 4 heteroatoms. The largest absolute Gasteiger partial charge is 0.378 e. The summed E-state index contributed by atoms with van der Waals surface area (Å²) in [4.78, 5) is 0. The molecule has 0 spiro atoms. The molecule has 0 saturated heterocycles. The van der Waals surface area contributed by atoms with E-state index in [4.69, 9.17) is 22.1 Å². The zero-order valence-corrected chi connectivity index (χ0v) is 12.0. The third-order valence-corrected chi connectivity index (χ3v) is 4.02. The van der Waals surface area contributed by atoms with E-state index in [0.29, 0.717) is 11.1 Å². The Balaban J connectivity index is 1.87. The zero-order chi connectivity index (χ0) is 14.8. The molecular formula is C17H12ClN3. The fourth-order valence-corrected chi connectivity index (χ4v) is 2.96. The second kappa shape index (κ2) is 5.48. The lowest BCUT2D eigenvalue weighted by Gasteiger charge is -2.16. The van der Waals surface area contributed by atoms with Crippen molar-refractivity contribution >= 4 is 17.3 Å². The van der Waals surface area contributed by atoms with Crippen molar-refractivity contribution in [3.8, 4) is 12.1 Å². The normalized spacial score (nSPS) is 15.9. The maximum absolute atomic E-state index is 9.08. The highest BCUT2D eigenvalue weighted by Crippen LogP contribution is 2.35. The maximum Gasteiger partial charge on any atom is 0.101 e. The molecule has 0 radical (unpaired) electrons. The Bertz CT molecular complexity index is 784. The van der Waals surface area contributed by atoms with Crippen molar-refractivity contribution in [2.45, 2.75) is 18.9 Å². The number of nitrogens with zero attached hydrogens (tertiary/aromatic N) is 2. The van der Waals surface area contributed by atoms with Crippen molar-refractivity contribution in [1.82, 2.24) is 0 Å². The molecule has 0 saturated carbocycles. The molecule has 0 aromatic heterocycles. The number of rotatable bonds is 2. The van der Waals surface area contributed by atoms with Gasteiger partial charge in [0.1, 0.15) is 12.1 Å². The first-order valence-corrected chi connectivity index (χ1v) is 7.08. The van der Waals surface area contributed by atoms with Crippen LogP contribution in [0.5, 0.6) is 0 Å². The number of nitrogens with one attached hydrogen (secondary N) is 1. The van der Waals surface area contributed by atoms with E-state index in [1.54, 1.807) is 12.1 Å². The van der Waals surface area contributed by atoms with Crippen LogP contribution in [0.1, 0.15) is 34.7 Å². The molecule has 1 unspecified atom stereocenters. The minimum Gasteiger partial charge on any atom is -0.378 e. The lowest BCUT2D eigenvalue weighted by atomic mass is 10.1. The summed E-state index contributed by atoms with van der Waals surface area (Å²) < 4.78 is 0. The first kappa shape index (κ1) is 13.5. The van der Waals surface area contributed by atoms with Gasteiger partial charge in [-0.05, 0) is 54.3 Å². The fourth-order valence-electron chi connectivity index (χ4n) is 2.76. The van der Waals surface area contributed by atoms with E-state index >= 15 is 0 Å². The van der Waals surface area contributed by atoms with Crippen molar-refractivity contribution in [1.29, 1.82) is 10.5 Å². The molecule has 0 fully saturated rings. The standard InChI is InChI=1S/C17H12ClN3/c18-14-3-5-16-11(7-14)2-6-17(16)21-15-4-1-12(9-19)13(8-15)10-20/h1,3-5,7-8,17,21H,2,6H2. The Morgan fingerprint density at radius 1 is 1.05 bits per heavy atom. The lowest BCUT2D eigenvalue weighted by molar-refractivity contribution is 0.762. The average Bonchev–Trinajstić information content (AvgIpc) is 2.89. The van der Waals surface area contributed by atoms with E-state index in [9.17, 15) is 0 Å². The Labute approximate surface area is 128 Å². The van der Waals surface area contributed by atoms with E-state index < -0.39 is 0 Å². The van der Waals surface area contributed by atoms with Gasteiger partial charge in [0.2, 0.25) is 0 Å². The third-order valence-electron chi connectivity index (χ3n) is 3.78. The zero-order valence-electron chi connectivity index (χ0n) is 11.2. The molecule has 2 aromatic carbocycles. The maximum atomic E-state index is 9.08. The second-order valence-corrected chi connectivity index (χ2v) is 5.50. The molecule has 0 aliphatic heterocycles. The van der Waals surface area contributed by atoms with Gasteiger partial charge in [-0.3, -0.25) is 0 Å². The summed E-state index contributed by atoms with van der Waals surface area (Å²) in [5, 5.41) is 22.2. The molecule has 1 atom stereocenters. The van der Waals surface area contributed by atoms with Crippen LogP contribution in [-0.4, -0.2) is 0 Å². The molecule has 0 amide bonds. The average molecular weight is 294 g/mol. The van der Waals surface area contributed by atoms with Gasteiger partial charge in [-0.15, -0.1) is 0 Å². The number of nitriles is 2. The van der Waals surface area contributed by atoms with Crippen LogP contribution in [-0.2, 0) is 6.42 Å². The number of fused-ring (bicyclic) bond motifs is 1. The van der Waals surface area contributed by atoms with Gasteiger partial charge in [0, 0.05) is 10.7 Å². The quantitative estimate of drug-likeness (QED) is 0.903. The number of hydrogen-bond acceptors (Lipinski definition) is 3. The smallest absolute Gasteiger partial charge is 0.101 e. The summed E-state index contributed by atoms with van der Waals surface area (Å²) >= 11 is 6.02. The van der Waals surface area contributed by atoms with Gasteiger partial charge >= 0.3 is 0 Å². The third kappa shape index (κ3) is 2.57. The van der Waals surface area contributed by atoms with E-state index in [1.165, 1.54) is 11.1 Å². The Morgan fingerprint density at radius 2 is 1.86 bits per heavy atom. The second-order valence-electron chi connectivity index (χ2n) is 5.06. The summed E-state index contributed by atoms with van der Waals surface area (Å²) in [5.74, 6) is 0. The van der Waals surface area contributed by atoms with Crippen molar-refractivity contribution < 1.29 is 0 Å². The highest BCUT2D eigenvalue weighted by atomic mass is 35.5. The van der Waals surface area contributed by atoms with Gasteiger partial charge in [-0.25, -0.2) is 0 Å². The fraction of sp³-hybridized carbons (Fsp3) is 0.176. The predicted octanol–water partition coefficient (Wildman–Crippen LogP) is 4.18. The summed E-state index contributed by atoms with van der Waals surface area (Å²) in [6.45, 7) is 0. The molecule has 2 aromatic rings. The van der Waals surface area contributed by atoms with Gasteiger partial charge in [0.15, 0.2) is 0 Å². The van der Waals surface area contributed by atoms with Crippen LogP contribution in [0.3, 0.4) is 0 Å². The summed E-state index contributed by atoms with van der Waals surface area (Å²) in [5.41, 5.74) is 4.19. The Kier molecular flexibility index (Phi) is 3.52. The van der Waals surface area contributed by atoms with Crippen LogP contribution < -0.4 is 5.32 Å². The molecule has 102 valence electrons. The van der Waals surface area contributed by atoms with E-state index in [0.717, 1.165) is 23.6 Å². The number of hydrogen-bond donors (Lipinski definition) is 1.